The topological polar surface area (TPSA) is 67.9 Å². The quantitative estimate of drug-likeness (QED) is 0.489. The maximum Gasteiger partial charge on any atom is 0.337 e. The van der Waals surface area contributed by atoms with Crippen LogP contribution in [0.1, 0.15) is 36.5 Å². The van der Waals surface area contributed by atoms with E-state index in [9.17, 15) is 9.59 Å². The Morgan fingerprint density at radius 3 is 2.82 bits per heavy atom. The van der Waals surface area contributed by atoms with Gasteiger partial charge >= 0.3 is 5.97 Å². The van der Waals surface area contributed by atoms with E-state index in [4.69, 9.17) is 9.47 Å². The van der Waals surface area contributed by atoms with Gasteiger partial charge in [-0.15, -0.1) is 0 Å². The van der Waals surface area contributed by atoms with E-state index in [0.717, 1.165) is 43.6 Å². The third-order valence-corrected chi connectivity index (χ3v) is 6.84. The second-order valence-corrected chi connectivity index (χ2v) is 8.04. The lowest BCUT2D eigenvalue weighted by atomic mass is 9.72. The highest BCUT2D eigenvalue weighted by atomic mass is 16.5. The Hall–Kier alpha value is -2.34. The Morgan fingerprint density at radius 1 is 1.36 bits per heavy atom. The van der Waals surface area contributed by atoms with Gasteiger partial charge in [-0.1, -0.05) is 25.5 Å². The number of hydrogen-bond acceptors (Lipinski definition) is 6. The molecule has 0 radical (unpaired) electrons. The predicted molar refractivity (Wildman–Crippen MR) is 106 cm³/mol. The molecule has 2 saturated heterocycles. The van der Waals surface area contributed by atoms with Crippen molar-refractivity contribution in [3.05, 3.63) is 41.7 Å². The van der Waals surface area contributed by atoms with Crippen LogP contribution in [0.15, 0.2) is 36.1 Å². The first-order valence-electron chi connectivity index (χ1n) is 10.0. The fourth-order valence-corrected chi connectivity index (χ4v) is 5.45. The molecule has 1 N–H and O–H groups in total. The van der Waals surface area contributed by atoms with Crippen LogP contribution in [0.5, 0.6) is 0 Å². The molecule has 3 aliphatic heterocycles. The van der Waals surface area contributed by atoms with E-state index in [2.05, 4.69) is 17.1 Å². The van der Waals surface area contributed by atoms with Crippen LogP contribution >= 0.6 is 0 Å². The van der Waals surface area contributed by atoms with Crippen LogP contribution in [0, 0.1) is 11.8 Å². The molecule has 0 aromatic heterocycles. The summed E-state index contributed by atoms with van der Waals surface area (Å²) in [6.45, 7) is 3.92. The number of ether oxygens (including phenoxy) is 2. The van der Waals surface area contributed by atoms with Crippen LogP contribution < -0.4 is 5.32 Å². The summed E-state index contributed by atoms with van der Waals surface area (Å²) in [5, 5.41) is 3.57. The minimum absolute atomic E-state index is 0.00642. The van der Waals surface area contributed by atoms with Crippen LogP contribution in [-0.4, -0.2) is 55.5 Å². The van der Waals surface area contributed by atoms with E-state index in [1.54, 1.807) is 7.11 Å². The van der Waals surface area contributed by atoms with Gasteiger partial charge in [-0.25, -0.2) is 4.79 Å². The number of benzene rings is 1. The maximum absolute atomic E-state index is 13.4. The molecule has 0 aliphatic carbocycles. The molecule has 4 atom stereocenters. The van der Waals surface area contributed by atoms with Crippen molar-refractivity contribution >= 4 is 17.4 Å². The smallest absolute Gasteiger partial charge is 0.337 e. The third kappa shape index (κ3) is 2.73. The van der Waals surface area contributed by atoms with Gasteiger partial charge in [-0.2, -0.15) is 0 Å². The molecule has 1 aromatic carbocycles. The zero-order valence-corrected chi connectivity index (χ0v) is 16.7. The molecule has 6 nitrogen and oxygen atoms in total. The summed E-state index contributed by atoms with van der Waals surface area (Å²) in [5.74, 6) is 0.164. The molecule has 1 spiro atoms. The molecule has 28 heavy (non-hydrogen) atoms. The van der Waals surface area contributed by atoms with Gasteiger partial charge in [0.1, 0.15) is 5.54 Å². The SMILES string of the molecule is CC[C@@H]1CN2CCC3(Nc4ccccc4C3=O)C2C[C@@H]1/C(=C\OC)C(=O)OC. The molecular formula is C22H28N2O4. The van der Waals surface area contributed by atoms with Crippen molar-refractivity contribution < 1.29 is 19.1 Å². The number of nitrogens with zero attached hydrogens (tertiary/aromatic N) is 1. The Kier molecular flexibility index (Phi) is 4.91. The monoisotopic (exact) mass is 384 g/mol. The van der Waals surface area contributed by atoms with E-state index in [1.165, 1.54) is 13.4 Å². The number of para-hydroxylation sites is 1. The Labute approximate surface area is 165 Å². The minimum atomic E-state index is -0.602. The zero-order valence-electron chi connectivity index (χ0n) is 16.7. The van der Waals surface area contributed by atoms with Gasteiger partial charge in [0.05, 0.1) is 26.1 Å². The number of carbonyl (C=O) groups excluding carboxylic acids is 2. The van der Waals surface area contributed by atoms with Crippen LogP contribution in [0.2, 0.25) is 0 Å². The standard InChI is InChI=1S/C22H28N2O4/c1-4-14-12-24-10-9-22(20(25)15-7-5-6-8-18(15)23-22)19(24)11-16(14)17(13-27-2)21(26)28-3/h5-8,13-14,16,19,23H,4,9-12H2,1-3H3/b17-13+/t14-,16+,19?,22?/m1/s1. The number of rotatable bonds is 4. The largest absolute Gasteiger partial charge is 0.504 e. The number of piperidine rings is 1. The van der Waals surface area contributed by atoms with Crippen molar-refractivity contribution in [2.75, 3.05) is 32.6 Å². The van der Waals surface area contributed by atoms with Gasteiger partial charge in [-0.05, 0) is 36.8 Å². The van der Waals surface area contributed by atoms with Crippen molar-refractivity contribution in [3.8, 4) is 0 Å². The summed E-state index contributed by atoms with van der Waals surface area (Å²) in [6, 6.07) is 7.80. The average molecular weight is 384 g/mol. The van der Waals surface area contributed by atoms with Crippen molar-refractivity contribution in [3.63, 3.8) is 0 Å². The lowest BCUT2D eigenvalue weighted by Crippen LogP contribution is -2.57. The van der Waals surface area contributed by atoms with Gasteiger partial charge in [0.25, 0.3) is 0 Å². The number of hydrogen-bond donors (Lipinski definition) is 1. The second-order valence-electron chi connectivity index (χ2n) is 8.04. The Bertz CT molecular complexity index is 821. The lowest BCUT2D eigenvalue weighted by molar-refractivity contribution is -0.137. The molecule has 1 aromatic rings. The zero-order chi connectivity index (χ0) is 19.9. The molecule has 2 unspecified atom stereocenters. The van der Waals surface area contributed by atoms with Gasteiger partial charge in [0.2, 0.25) is 0 Å². The maximum atomic E-state index is 13.4. The molecule has 0 amide bonds. The van der Waals surface area contributed by atoms with E-state index in [0.29, 0.717) is 11.5 Å². The van der Waals surface area contributed by atoms with Crippen LogP contribution in [-0.2, 0) is 14.3 Å². The van der Waals surface area contributed by atoms with Gasteiger partial charge in [0, 0.05) is 30.4 Å². The average Bonchev–Trinajstić information content (AvgIpc) is 3.23. The number of esters is 1. The molecule has 0 saturated carbocycles. The molecule has 3 aliphatic rings. The van der Waals surface area contributed by atoms with Gasteiger partial charge in [0.15, 0.2) is 5.78 Å². The number of fused-ring (bicyclic) bond motifs is 3. The van der Waals surface area contributed by atoms with Crippen LogP contribution in [0.25, 0.3) is 0 Å². The highest BCUT2D eigenvalue weighted by molar-refractivity contribution is 6.14. The predicted octanol–water partition coefficient (Wildman–Crippen LogP) is 2.86. The third-order valence-electron chi connectivity index (χ3n) is 6.84. The number of anilines is 1. The first-order chi connectivity index (χ1) is 13.6. The first kappa shape index (κ1) is 19.0. The van der Waals surface area contributed by atoms with Gasteiger partial charge in [-0.3, -0.25) is 9.69 Å². The van der Waals surface area contributed by atoms with E-state index >= 15 is 0 Å². The van der Waals surface area contributed by atoms with E-state index in [-0.39, 0.29) is 23.7 Å². The lowest BCUT2D eigenvalue weighted by Gasteiger charge is -2.45. The number of methoxy groups -OCH3 is 2. The van der Waals surface area contributed by atoms with Crippen molar-refractivity contribution in [2.45, 2.75) is 37.8 Å². The Balaban J connectivity index is 1.68. The highest BCUT2D eigenvalue weighted by Crippen LogP contribution is 2.48. The molecule has 6 heteroatoms. The summed E-state index contributed by atoms with van der Waals surface area (Å²) in [6.07, 6.45) is 4.00. The number of carbonyl (C=O) groups is 2. The minimum Gasteiger partial charge on any atom is -0.504 e. The van der Waals surface area contributed by atoms with E-state index in [1.807, 2.05) is 24.3 Å². The van der Waals surface area contributed by atoms with Crippen molar-refractivity contribution in [1.82, 2.24) is 4.90 Å². The normalized spacial score (nSPS) is 32.0. The summed E-state index contributed by atoms with van der Waals surface area (Å²) in [4.78, 5) is 28.3. The summed E-state index contributed by atoms with van der Waals surface area (Å²) in [7, 11) is 2.95. The fraction of sp³-hybridized carbons (Fsp3) is 0.545. The number of Topliss-reactive ketones (excluding diaryl/α,β-unsaturated/α-hetero) is 1. The summed E-state index contributed by atoms with van der Waals surface area (Å²) < 4.78 is 10.2. The summed E-state index contributed by atoms with van der Waals surface area (Å²) in [5.41, 5.74) is 1.67. The molecule has 150 valence electrons. The molecule has 2 fully saturated rings. The van der Waals surface area contributed by atoms with E-state index < -0.39 is 5.54 Å². The number of nitrogens with one attached hydrogen (secondary N) is 1. The summed E-state index contributed by atoms with van der Waals surface area (Å²) >= 11 is 0. The molecule has 4 rings (SSSR count). The molecular weight excluding hydrogens is 356 g/mol. The first-order valence-corrected chi connectivity index (χ1v) is 10.0. The van der Waals surface area contributed by atoms with Gasteiger partial charge < -0.3 is 14.8 Å². The van der Waals surface area contributed by atoms with Crippen molar-refractivity contribution in [2.24, 2.45) is 11.8 Å². The fourth-order valence-electron chi connectivity index (χ4n) is 5.45. The van der Waals surface area contributed by atoms with Crippen molar-refractivity contribution in [1.29, 1.82) is 0 Å². The second kappa shape index (κ2) is 7.24. The number of ketones is 1. The molecule has 3 heterocycles. The van der Waals surface area contributed by atoms with Crippen LogP contribution in [0.3, 0.4) is 0 Å². The van der Waals surface area contributed by atoms with Crippen LogP contribution in [0.4, 0.5) is 5.69 Å². The Morgan fingerprint density at radius 2 is 2.14 bits per heavy atom. The highest BCUT2D eigenvalue weighted by Gasteiger charge is 2.59. The molecule has 0 bridgehead atoms.